The lowest BCUT2D eigenvalue weighted by atomic mass is 9.98. The first-order valence-electron chi connectivity index (χ1n) is 7.55. The third-order valence-corrected chi connectivity index (χ3v) is 4.02. The molecule has 2 aromatic heterocycles. The van der Waals surface area contributed by atoms with Crippen molar-refractivity contribution in [2.45, 2.75) is 5.92 Å². The minimum atomic E-state index is -0.0316. The molecule has 1 saturated heterocycles. The van der Waals surface area contributed by atoms with Crippen LogP contribution in [0.1, 0.15) is 22.2 Å². The van der Waals surface area contributed by atoms with Crippen molar-refractivity contribution in [2.75, 3.05) is 20.2 Å². The zero-order chi connectivity index (χ0) is 16.5. The summed E-state index contributed by atoms with van der Waals surface area (Å²) < 4.78 is 15.7. The fourth-order valence-electron chi connectivity index (χ4n) is 2.65. The average molecular weight is 325 g/mol. The summed E-state index contributed by atoms with van der Waals surface area (Å²) in [7, 11) is 1.58. The van der Waals surface area contributed by atoms with E-state index in [9.17, 15) is 4.79 Å². The van der Waals surface area contributed by atoms with Gasteiger partial charge in [-0.2, -0.15) is 4.98 Å². The number of carbonyl (C=O) groups excluding carboxylic acids is 1. The van der Waals surface area contributed by atoms with Crippen molar-refractivity contribution in [3.05, 3.63) is 54.1 Å². The molecule has 1 aromatic carbocycles. The highest BCUT2D eigenvalue weighted by atomic mass is 16.5. The second-order valence-corrected chi connectivity index (χ2v) is 5.57. The van der Waals surface area contributed by atoms with Crippen LogP contribution >= 0.6 is 0 Å². The lowest BCUT2D eigenvalue weighted by molar-refractivity contribution is 0.0569. The second kappa shape index (κ2) is 5.84. The Kier molecular flexibility index (Phi) is 3.53. The third-order valence-electron chi connectivity index (χ3n) is 4.02. The van der Waals surface area contributed by atoms with E-state index in [2.05, 4.69) is 10.1 Å². The number of carbonyl (C=O) groups is 1. The van der Waals surface area contributed by atoms with Gasteiger partial charge in [-0.05, 0) is 30.3 Å². The van der Waals surface area contributed by atoms with Gasteiger partial charge in [0.05, 0.1) is 19.3 Å². The van der Waals surface area contributed by atoms with Crippen molar-refractivity contribution in [2.24, 2.45) is 0 Å². The Morgan fingerprint density at radius 1 is 1.29 bits per heavy atom. The molecule has 0 bridgehead atoms. The maximum absolute atomic E-state index is 12.5. The van der Waals surface area contributed by atoms with E-state index < -0.39 is 0 Å². The van der Waals surface area contributed by atoms with Crippen molar-refractivity contribution in [1.82, 2.24) is 15.0 Å². The molecule has 1 amide bonds. The molecule has 0 spiro atoms. The number of amides is 1. The van der Waals surface area contributed by atoms with E-state index in [1.54, 1.807) is 48.6 Å². The zero-order valence-electron chi connectivity index (χ0n) is 13.0. The molecule has 1 fully saturated rings. The monoisotopic (exact) mass is 325 g/mol. The Morgan fingerprint density at radius 2 is 2.17 bits per heavy atom. The smallest absolute Gasteiger partial charge is 0.254 e. The molecule has 3 heterocycles. The Bertz CT molecular complexity index is 850. The van der Waals surface area contributed by atoms with Gasteiger partial charge < -0.3 is 18.6 Å². The summed E-state index contributed by atoms with van der Waals surface area (Å²) in [5, 5.41) is 3.91. The number of ether oxygens (including phenoxy) is 1. The van der Waals surface area contributed by atoms with Crippen molar-refractivity contribution < 1.29 is 18.5 Å². The minimum Gasteiger partial charge on any atom is -0.497 e. The maximum Gasteiger partial charge on any atom is 0.254 e. The van der Waals surface area contributed by atoms with E-state index >= 15 is 0 Å². The Balaban J connectivity index is 1.42. The molecule has 1 aliphatic rings. The lowest BCUT2D eigenvalue weighted by Crippen LogP contribution is -2.48. The van der Waals surface area contributed by atoms with Crippen LogP contribution in [-0.4, -0.2) is 41.1 Å². The van der Waals surface area contributed by atoms with Gasteiger partial charge in [0.15, 0.2) is 5.76 Å². The van der Waals surface area contributed by atoms with Crippen LogP contribution in [-0.2, 0) is 0 Å². The first-order valence-corrected chi connectivity index (χ1v) is 7.55. The summed E-state index contributed by atoms with van der Waals surface area (Å²) in [5.74, 6) is 2.20. The number of methoxy groups -OCH3 is 1. The molecule has 0 atom stereocenters. The first kappa shape index (κ1) is 14.5. The molecule has 0 saturated carbocycles. The fourth-order valence-corrected chi connectivity index (χ4v) is 2.65. The first-order chi connectivity index (χ1) is 11.7. The van der Waals surface area contributed by atoms with E-state index in [0.717, 1.165) is 0 Å². The quantitative estimate of drug-likeness (QED) is 0.733. The summed E-state index contributed by atoms with van der Waals surface area (Å²) in [6.07, 6.45) is 1.56. The number of likely N-dealkylation sites (tertiary alicyclic amines) is 1. The van der Waals surface area contributed by atoms with Crippen molar-refractivity contribution in [3.63, 3.8) is 0 Å². The van der Waals surface area contributed by atoms with Crippen LogP contribution in [0.3, 0.4) is 0 Å². The molecule has 4 rings (SSSR count). The SMILES string of the molecule is COc1cccc(C(=O)N2CC(c3nc(-c4ccco4)no3)C2)c1. The van der Waals surface area contributed by atoms with Crippen LogP contribution in [0.2, 0.25) is 0 Å². The third kappa shape index (κ3) is 2.54. The molecule has 0 N–H and O–H groups in total. The molecule has 0 aliphatic carbocycles. The van der Waals surface area contributed by atoms with Gasteiger partial charge in [-0.3, -0.25) is 4.79 Å². The van der Waals surface area contributed by atoms with Gasteiger partial charge in [0.1, 0.15) is 5.75 Å². The molecular weight excluding hydrogens is 310 g/mol. The number of rotatable bonds is 4. The fraction of sp³-hybridized carbons (Fsp3) is 0.235. The Labute approximate surface area is 137 Å². The minimum absolute atomic E-state index is 0.0316. The topological polar surface area (TPSA) is 81.6 Å². The number of hydrogen-bond acceptors (Lipinski definition) is 6. The zero-order valence-corrected chi connectivity index (χ0v) is 13.0. The van der Waals surface area contributed by atoms with E-state index in [1.165, 1.54) is 0 Å². The number of nitrogens with zero attached hydrogens (tertiary/aromatic N) is 3. The Morgan fingerprint density at radius 3 is 2.92 bits per heavy atom. The lowest BCUT2D eigenvalue weighted by Gasteiger charge is -2.37. The highest BCUT2D eigenvalue weighted by Gasteiger charge is 2.36. The molecule has 24 heavy (non-hydrogen) atoms. The van der Waals surface area contributed by atoms with Crippen LogP contribution < -0.4 is 4.74 Å². The number of furan rings is 1. The molecule has 7 heteroatoms. The standard InChI is InChI=1S/C17H15N3O4/c1-22-13-5-2-4-11(8-13)17(21)20-9-12(10-20)16-18-15(19-24-16)14-6-3-7-23-14/h2-8,12H,9-10H2,1H3. The molecule has 0 unspecified atom stereocenters. The molecule has 3 aromatic rings. The molecule has 122 valence electrons. The normalized spacial score (nSPS) is 14.5. The van der Waals surface area contributed by atoms with Gasteiger partial charge in [-0.15, -0.1) is 0 Å². The van der Waals surface area contributed by atoms with Gasteiger partial charge in [0.2, 0.25) is 11.7 Å². The second-order valence-electron chi connectivity index (χ2n) is 5.57. The number of aromatic nitrogens is 2. The van der Waals surface area contributed by atoms with E-state index in [0.29, 0.717) is 41.9 Å². The van der Waals surface area contributed by atoms with E-state index in [-0.39, 0.29) is 11.8 Å². The van der Waals surface area contributed by atoms with Crippen molar-refractivity contribution in [3.8, 4) is 17.3 Å². The number of hydrogen-bond donors (Lipinski definition) is 0. The van der Waals surface area contributed by atoms with Crippen molar-refractivity contribution in [1.29, 1.82) is 0 Å². The van der Waals surface area contributed by atoms with Crippen LogP contribution in [0.15, 0.2) is 51.6 Å². The number of benzene rings is 1. The summed E-state index contributed by atoms with van der Waals surface area (Å²) in [5.41, 5.74) is 0.606. The van der Waals surface area contributed by atoms with Crippen LogP contribution in [0.25, 0.3) is 11.6 Å². The summed E-state index contributed by atoms with van der Waals surface area (Å²) in [6, 6.07) is 10.7. The summed E-state index contributed by atoms with van der Waals surface area (Å²) >= 11 is 0. The largest absolute Gasteiger partial charge is 0.497 e. The molecule has 1 aliphatic heterocycles. The van der Waals surface area contributed by atoms with Crippen LogP contribution in [0.5, 0.6) is 5.75 Å². The van der Waals surface area contributed by atoms with Gasteiger partial charge in [-0.1, -0.05) is 11.2 Å². The summed E-state index contributed by atoms with van der Waals surface area (Å²) in [4.78, 5) is 18.5. The van der Waals surface area contributed by atoms with Crippen molar-refractivity contribution >= 4 is 5.91 Å². The van der Waals surface area contributed by atoms with E-state index in [4.69, 9.17) is 13.7 Å². The summed E-state index contributed by atoms with van der Waals surface area (Å²) in [6.45, 7) is 1.10. The van der Waals surface area contributed by atoms with Gasteiger partial charge in [0.25, 0.3) is 5.91 Å². The highest BCUT2D eigenvalue weighted by molar-refractivity contribution is 5.95. The maximum atomic E-state index is 12.5. The average Bonchev–Trinajstić information content (AvgIpc) is 3.24. The van der Waals surface area contributed by atoms with Crippen LogP contribution in [0.4, 0.5) is 0 Å². The van der Waals surface area contributed by atoms with Gasteiger partial charge in [-0.25, -0.2) is 0 Å². The predicted molar refractivity (Wildman–Crippen MR) is 83.6 cm³/mol. The van der Waals surface area contributed by atoms with Gasteiger partial charge >= 0.3 is 0 Å². The molecular formula is C17H15N3O4. The van der Waals surface area contributed by atoms with Gasteiger partial charge in [0, 0.05) is 18.7 Å². The van der Waals surface area contributed by atoms with E-state index in [1.807, 2.05) is 6.07 Å². The van der Waals surface area contributed by atoms with Crippen LogP contribution in [0, 0.1) is 0 Å². The molecule has 7 nitrogen and oxygen atoms in total. The Hall–Kier alpha value is -3.09. The highest BCUT2D eigenvalue weighted by Crippen LogP contribution is 2.29. The predicted octanol–water partition coefficient (Wildman–Crippen LogP) is 2.58. The molecule has 0 radical (unpaired) electrons.